The Morgan fingerprint density at radius 1 is 0.323 bits per heavy atom. The van der Waals surface area contributed by atoms with Crippen molar-refractivity contribution in [3.63, 3.8) is 0 Å². The summed E-state index contributed by atoms with van der Waals surface area (Å²) < 4.78 is 241. The smallest absolute Gasteiger partial charge is 0.180 e. The maximum atomic E-state index is 9.66. The van der Waals surface area contributed by atoms with E-state index < -0.39 is 202 Å². The molecule has 0 saturated heterocycles. The maximum Gasteiger partial charge on any atom is 0.180 e. The molecule has 62 heavy (non-hydrogen) atoms. The summed E-state index contributed by atoms with van der Waals surface area (Å²) in [6.07, 6.45) is 2.08. The molecule has 0 amide bonds. The van der Waals surface area contributed by atoms with Gasteiger partial charge in [-0.25, -0.2) is 19.9 Å². The monoisotopic (exact) mass is 820 g/mol. The summed E-state index contributed by atoms with van der Waals surface area (Å²) in [4.78, 5) is 17.5. The summed E-state index contributed by atoms with van der Waals surface area (Å²) in [5.74, 6) is 0. The highest BCUT2D eigenvalue weighted by molar-refractivity contribution is 6.09. The SMILES string of the molecule is [2H]c1c([2H])c([2H])c(-c2c([2H])c([2H])c(-c3ccc4oc5c(-c6c([2H])c([2H])c([2H])c(-c7c([2H])c([2H])c([2H])c(-c8ncnc9c8oc8ccc(-c%10c([2H])c([2H])c(-c%11c([2H])c([2H])c([2H])c([2H])c%11[2H])c([2H])c%10[2H])cc89)c7[2H])c6[2H])ncnc5c4c3)c([2H])c2[2H])c([2H])c1[2H]. The minimum absolute atomic E-state index is 0.0182. The number of benzene rings is 8. The Bertz CT molecular complexity index is 4760. The van der Waals surface area contributed by atoms with E-state index in [1.54, 1.807) is 0 Å². The lowest BCUT2D eigenvalue weighted by Crippen LogP contribution is -1.89. The highest BCUT2D eigenvalue weighted by Crippen LogP contribution is 2.39. The van der Waals surface area contributed by atoms with Crippen molar-refractivity contribution in [3.05, 3.63) is 206 Å². The largest absolute Gasteiger partial charge is 0.452 e. The Kier molecular flexibility index (Phi) is 4.26. The quantitative estimate of drug-likeness (QED) is 0.159. The van der Waals surface area contributed by atoms with Gasteiger partial charge < -0.3 is 8.83 Å². The summed E-state index contributed by atoms with van der Waals surface area (Å²) in [5.41, 5.74) is -5.19. The van der Waals surface area contributed by atoms with Crippen molar-refractivity contribution < 1.29 is 44.5 Å². The number of furan rings is 2. The molecule has 4 aromatic heterocycles. The molecule has 0 aliphatic carbocycles. The first-order valence-electron chi connectivity index (χ1n) is 31.5. The van der Waals surface area contributed by atoms with E-state index in [0.29, 0.717) is 0 Å². The van der Waals surface area contributed by atoms with Crippen LogP contribution in [0.3, 0.4) is 0 Å². The first-order valence-corrected chi connectivity index (χ1v) is 18.5. The second kappa shape index (κ2) is 14.7. The number of rotatable bonds is 7. The Balaban J connectivity index is 0.982. The van der Waals surface area contributed by atoms with Gasteiger partial charge in [0.2, 0.25) is 0 Å². The van der Waals surface area contributed by atoms with Gasteiger partial charge >= 0.3 is 0 Å². The first kappa shape index (κ1) is 18.0. The second-order valence-corrected chi connectivity index (χ2v) is 13.4. The van der Waals surface area contributed by atoms with Crippen LogP contribution in [-0.2, 0) is 0 Å². The topological polar surface area (TPSA) is 77.8 Å². The fourth-order valence-corrected chi connectivity index (χ4v) is 6.91. The van der Waals surface area contributed by atoms with E-state index in [9.17, 15) is 2.74 Å². The van der Waals surface area contributed by atoms with Gasteiger partial charge in [0.25, 0.3) is 0 Å². The molecule has 6 heteroatoms. The van der Waals surface area contributed by atoms with Gasteiger partial charge in [-0.2, -0.15) is 0 Å². The molecule has 0 spiro atoms. The molecule has 290 valence electrons. The number of nitrogens with zero attached hydrogens (tertiary/aromatic N) is 4. The van der Waals surface area contributed by atoms with Crippen LogP contribution in [0.25, 0.3) is 122 Å². The van der Waals surface area contributed by atoms with E-state index in [1.165, 1.54) is 36.4 Å². The third kappa shape index (κ3) is 6.21. The molecule has 6 nitrogen and oxygen atoms in total. The minimum Gasteiger partial charge on any atom is -0.452 e. The third-order valence-electron chi connectivity index (χ3n) is 9.80. The van der Waals surface area contributed by atoms with E-state index in [0.717, 1.165) is 12.7 Å². The molecule has 0 atom stereocenters. The van der Waals surface area contributed by atoms with Crippen LogP contribution in [0.5, 0.6) is 0 Å². The van der Waals surface area contributed by atoms with Gasteiger partial charge in [0, 0.05) is 21.9 Å². The molecule has 0 aliphatic rings. The van der Waals surface area contributed by atoms with Gasteiger partial charge in [-0.15, -0.1) is 0 Å². The van der Waals surface area contributed by atoms with Crippen molar-refractivity contribution in [1.82, 2.24) is 19.9 Å². The molecular weight excluding hydrogens is 761 g/mol. The molecule has 0 fully saturated rings. The number of aromatic nitrogens is 4. The predicted molar refractivity (Wildman–Crippen MR) is 250 cm³/mol. The van der Waals surface area contributed by atoms with Gasteiger partial charge in [-0.3, -0.25) is 0 Å². The van der Waals surface area contributed by atoms with Crippen LogP contribution < -0.4 is 0 Å². The summed E-state index contributed by atoms with van der Waals surface area (Å²) in [6, 6.07) is -10.3. The lowest BCUT2D eigenvalue weighted by molar-refractivity contribution is 0.667. The summed E-state index contributed by atoms with van der Waals surface area (Å²) in [6.45, 7) is 0. The van der Waals surface area contributed by atoms with Crippen LogP contribution in [0.15, 0.2) is 215 Å². The Morgan fingerprint density at radius 3 is 1.10 bits per heavy atom. The van der Waals surface area contributed by atoms with E-state index in [-0.39, 0.29) is 77.8 Å². The zero-order valence-electron chi connectivity index (χ0n) is 57.2. The highest BCUT2D eigenvalue weighted by atomic mass is 16.3. The number of fused-ring (bicyclic) bond motifs is 6. The summed E-state index contributed by atoms with van der Waals surface area (Å²) in [5, 5.41) is 0.378. The van der Waals surface area contributed by atoms with Crippen molar-refractivity contribution >= 4 is 44.1 Å². The van der Waals surface area contributed by atoms with Crippen molar-refractivity contribution in [2.24, 2.45) is 0 Å². The van der Waals surface area contributed by atoms with Crippen molar-refractivity contribution in [2.45, 2.75) is 0 Å². The summed E-state index contributed by atoms with van der Waals surface area (Å²) in [7, 11) is 0. The number of hydrogen-bond acceptors (Lipinski definition) is 6. The predicted octanol–water partition coefficient (Wildman–Crippen LogP) is 14.7. The zero-order valence-corrected chi connectivity index (χ0v) is 31.2. The normalized spacial score (nSPS) is 17.4. The molecule has 0 saturated carbocycles. The highest BCUT2D eigenvalue weighted by Gasteiger charge is 2.19. The van der Waals surface area contributed by atoms with E-state index in [4.69, 9.17) is 41.7 Å². The van der Waals surface area contributed by atoms with Gasteiger partial charge in [-0.1, -0.05) is 157 Å². The standard InChI is InChI=1S/C56H34N4O2/c1-3-9-35(10-4-1)37-17-21-39(22-18-37)43-25-27-49-47(31-43)53-55(61-49)51(57-33-59-53)45-15-7-13-41(29-45)42-14-8-16-46(30-42)52-56-54(60-34-58-52)48-32-44(26-28-50(48)62-56)40-23-19-38(20-24-40)36-11-5-2-6-12-36/h1-34H/i1D,2D,3D,4D,5D,6D,7D,8D,9D,10D,11D,12D,13D,14D,15D,16D,17D,18D,19D,20D,21D,22D,23D,24D,29D,30D. The van der Waals surface area contributed by atoms with Gasteiger partial charge in [-0.05, 0) is 92.0 Å². The molecule has 0 aliphatic heterocycles. The average Bonchev–Trinajstić information content (AvgIpc) is 1.27. The molecule has 0 bridgehead atoms. The molecular formula is C56H34N4O2. The molecule has 0 unspecified atom stereocenters. The van der Waals surface area contributed by atoms with Gasteiger partial charge in [0.15, 0.2) is 11.2 Å². The van der Waals surface area contributed by atoms with Gasteiger partial charge in [0.1, 0.15) is 46.2 Å². The second-order valence-electron chi connectivity index (χ2n) is 13.4. The molecule has 8 aromatic carbocycles. The Labute approximate surface area is 393 Å². The van der Waals surface area contributed by atoms with E-state index in [1.807, 2.05) is 0 Å². The fraction of sp³-hybridized carbons (Fsp3) is 0. The average molecular weight is 821 g/mol. The van der Waals surface area contributed by atoms with Crippen molar-refractivity contribution in [1.29, 1.82) is 0 Å². The van der Waals surface area contributed by atoms with Crippen LogP contribution in [0, 0.1) is 0 Å². The molecule has 0 N–H and O–H groups in total. The molecule has 4 heterocycles. The van der Waals surface area contributed by atoms with Crippen LogP contribution >= 0.6 is 0 Å². The van der Waals surface area contributed by atoms with Crippen LogP contribution in [-0.4, -0.2) is 19.9 Å². The Hall–Kier alpha value is -8.48. The van der Waals surface area contributed by atoms with Crippen molar-refractivity contribution in [3.8, 4) is 78.1 Å². The van der Waals surface area contributed by atoms with Crippen LogP contribution in [0.1, 0.15) is 35.6 Å². The van der Waals surface area contributed by atoms with E-state index in [2.05, 4.69) is 19.9 Å². The molecule has 12 rings (SSSR count). The van der Waals surface area contributed by atoms with E-state index >= 15 is 0 Å². The summed E-state index contributed by atoms with van der Waals surface area (Å²) >= 11 is 0. The molecule has 12 aromatic rings. The maximum absolute atomic E-state index is 9.66. The van der Waals surface area contributed by atoms with Crippen LogP contribution in [0.4, 0.5) is 0 Å². The van der Waals surface area contributed by atoms with Crippen molar-refractivity contribution in [2.75, 3.05) is 0 Å². The first-order chi connectivity index (χ1) is 41.5. The zero-order chi connectivity index (χ0) is 63.6. The van der Waals surface area contributed by atoms with Gasteiger partial charge in [0.05, 0.1) is 35.6 Å². The Morgan fingerprint density at radius 2 is 0.677 bits per heavy atom. The lowest BCUT2D eigenvalue weighted by atomic mass is 9.98. The fourth-order valence-electron chi connectivity index (χ4n) is 6.91. The number of hydrogen-bond donors (Lipinski definition) is 0. The third-order valence-corrected chi connectivity index (χ3v) is 9.80. The van der Waals surface area contributed by atoms with Crippen LogP contribution in [0.2, 0.25) is 0 Å². The lowest BCUT2D eigenvalue weighted by Gasteiger charge is -2.08. The minimum atomic E-state index is -0.819. The molecule has 0 radical (unpaired) electrons.